The van der Waals surface area contributed by atoms with Crippen LogP contribution in [0.1, 0.15) is 47.5 Å². The van der Waals surface area contributed by atoms with Gasteiger partial charge in [0.25, 0.3) is 0 Å². The number of hydrogen-bond donors (Lipinski definition) is 1. The van der Waals surface area contributed by atoms with E-state index in [0.29, 0.717) is 0 Å². The van der Waals surface area contributed by atoms with Gasteiger partial charge < -0.3 is 0 Å². The van der Waals surface area contributed by atoms with Crippen molar-refractivity contribution in [2.75, 3.05) is 0 Å². The standard InChI is InChI=1S/C9H21NO2S/c1-6-7-8(2)10-13(11,12)9(3,4)5/h8,10H,6-7H2,1-5H3. The third-order valence-electron chi connectivity index (χ3n) is 1.88. The summed E-state index contributed by atoms with van der Waals surface area (Å²) in [7, 11) is -3.17. The summed E-state index contributed by atoms with van der Waals surface area (Å²) < 4.78 is 25.2. The van der Waals surface area contributed by atoms with Gasteiger partial charge in [-0.1, -0.05) is 13.3 Å². The van der Waals surface area contributed by atoms with Crippen molar-refractivity contribution >= 4 is 10.0 Å². The Morgan fingerprint density at radius 3 is 2.08 bits per heavy atom. The van der Waals surface area contributed by atoms with Crippen LogP contribution in [0.3, 0.4) is 0 Å². The van der Waals surface area contributed by atoms with Crippen LogP contribution in [0.15, 0.2) is 0 Å². The smallest absolute Gasteiger partial charge is 0.212 e. The maximum atomic E-state index is 11.6. The lowest BCUT2D eigenvalue weighted by Gasteiger charge is -2.22. The van der Waals surface area contributed by atoms with E-state index in [0.717, 1.165) is 12.8 Å². The normalized spacial score (nSPS) is 15.8. The van der Waals surface area contributed by atoms with Crippen molar-refractivity contribution in [3.63, 3.8) is 0 Å². The Morgan fingerprint density at radius 2 is 1.77 bits per heavy atom. The Hall–Kier alpha value is -0.0900. The Balaban J connectivity index is 4.36. The van der Waals surface area contributed by atoms with Crippen LogP contribution in [-0.2, 0) is 10.0 Å². The predicted octanol–water partition coefficient (Wildman–Crippen LogP) is 1.89. The number of sulfonamides is 1. The zero-order valence-electron chi connectivity index (χ0n) is 9.22. The summed E-state index contributed by atoms with van der Waals surface area (Å²) in [5.74, 6) is 0. The van der Waals surface area contributed by atoms with Crippen LogP contribution < -0.4 is 4.72 Å². The monoisotopic (exact) mass is 207 g/mol. The molecule has 0 aromatic rings. The van der Waals surface area contributed by atoms with Crippen molar-refractivity contribution in [3.8, 4) is 0 Å². The van der Waals surface area contributed by atoms with Crippen LogP contribution in [0.25, 0.3) is 0 Å². The summed E-state index contributed by atoms with van der Waals surface area (Å²) in [5, 5.41) is 0. The Bertz CT molecular complexity index is 239. The van der Waals surface area contributed by atoms with E-state index >= 15 is 0 Å². The highest BCUT2D eigenvalue weighted by atomic mass is 32.2. The van der Waals surface area contributed by atoms with Gasteiger partial charge in [-0.05, 0) is 34.1 Å². The summed E-state index contributed by atoms with van der Waals surface area (Å²) in [6.07, 6.45) is 1.88. The maximum absolute atomic E-state index is 11.6. The molecule has 0 aliphatic carbocycles. The molecule has 0 aliphatic rings. The number of hydrogen-bond acceptors (Lipinski definition) is 2. The Kier molecular flexibility index (Phi) is 4.39. The first-order chi connectivity index (χ1) is 5.70. The van der Waals surface area contributed by atoms with Gasteiger partial charge in [0.15, 0.2) is 0 Å². The molecule has 1 unspecified atom stereocenters. The molecule has 0 rings (SSSR count). The summed E-state index contributed by atoms with van der Waals surface area (Å²) >= 11 is 0. The van der Waals surface area contributed by atoms with Crippen molar-refractivity contribution in [3.05, 3.63) is 0 Å². The second kappa shape index (κ2) is 4.42. The zero-order valence-corrected chi connectivity index (χ0v) is 10.0. The fourth-order valence-corrected chi connectivity index (χ4v) is 1.93. The van der Waals surface area contributed by atoms with Crippen LogP contribution in [0, 0.1) is 0 Å². The van der Waals surface area contributed by atoms with E-state index in [1.807, 2.05) is 13.8 Å². The molecule has 13 heavy (non-hydrogen) atoms. The fraction of sp³-hybridized carbons (Fsp3) is 1.00. The molecule has 0 saturated carbocycles. The SMILES string of the molecule is CCCC(C)NS(=O)(=O)C(C)(C)C. The van der Waals surface area contributed by atoms with Gasteiger partial charge >= 0.3 is 0 Å². The minimum atomic E-state index is -3.17. The summed E-state index contributed by atoms with van der Waals surface area (Å²) in [4.78, 5) is 0. The molecule has 0 spiro atoms. The first kappa shape index (κ1) is 12.9. The predicted molar refractivity (Wildman–Crippen MR) is 56.2 cm³/mol. The molecular formula is C9H21NO2S. The molecular weight excluding hydrogens is 186 g/mol. The van der Waals surface area contributed by atoms with E-state index in [-0.39, 0.29) is 6.04 Å². The fourth-order valence-electron chi connectivity index (χ4n) is 0.934. The van der Waals surface area contributed by atoms with Crippen LogP contribution in [0.5, 0.6) is 0 Å². The minimum Gasteiger partial charge on any atom is -0.212 e. The van der Waals surface area contributed by atoms with E-state index in [2.05, 4.69) is 4.72 Å². The molecule has 0 aliphatic heterocycles. The lowest BCUT2D eigenvalue weighted by molar-refractivity contribution is 0.516. The quantitative estimate of drug-likeness (QED) is 0.765. The minimum absolute atomic E-state index is 0.0363. The van der Waals surface area contributed by atoms with E-state index in [9.17, 15) is 8.42 Å². The van der Waals surface area contributed by atoms with Crippen molar-refractivity contribution in [1.29, 1.82) is 0 Å². The van der Waals surface area contributed by atoms with Gasteiger partial charge in [-0.15, -0.1) is 0 Å². The van der Waals surface area contributed by atoms with E-state index in [1.54, 1.807) is 20.8 Å². The first-order valence-corrected chi connectivity index (χ1v) is 6.21. The van der Waals surface area contributed by atoms with Crippen LogP contribution >= 0.6 is 0 Å². The highest BCUT2D eigenvalue weighted by Gasteiger charge is 2.29. The average Bonchev–Trinajstić information content (AvgIpc) is 1.83. The molecule has 0 fully saturated rings. The van der Waals surface area contributed by atoms with Gasteiger partial charge in [-0.25, -0.2) is 13.1 Å². The summed E-state index contributed by atoms with van der Waals surface area (Å²) in [5.41, 5.74) is 0. The van der Waals surface area contributed by atoms with Crippen LogP contribution in [0.2, 0.25) is 0 Å². The van der Waals surface area contributed by atoms with Gasteiger partial charge in [0.2, 0.25) is 10.0 Å². The topological polar surface area (TPSA) is 46.2 Å². The average molecular weight is 207 g/mol. The van der Waals surface area contributed by atoms with Crippen molar-refractivity contribution in [2.24, 2.45) is 0 Å². The van der Waals surface area contributed by atoms with Crippen molar-refractivity contribution < 1.29 is 8.42 Å². The third kappa shape index (κ3) is 4.09. The largest absolute Gasteiger partial charge is 0.216 e. The molecule has 1 atom stereocenters. The molecule has 0 aromatic carbocycles. The van der Waals surface area contributed by atoms with E-state index in [4.69, 9.17) is 0 Å². The van der Waals surface area contributed by atoms with Crippen molar-refractivity contribution in [1.82, 2.24) is 4.72 Å². The van der Waals surface area contributed by atoms with Gasteiger partial charge in [0.05, 0.1) is 4.75 Å². The molecule has 0 radical (unpaired) electrons. The Morgan fingerprint density at radius 1 is 1.31 bits per heavy atom. The lowest BCUT2D eigenvalue weighted by atomic mass is 10.2. The number of nitrogens with one attached hydrogen (secondary N) is 1. The second-order valence-electron chi connectivity index (χ2n) is 4.42. The summed E-state index contributed by atoms with van der Waals surface area (Å²) in [6.45, 7) is 9.05. The van der Waals surface area contributed by atoms with E-state index in [1.165, 1.54) is 0 Å². The second-order valence-corrected chi connectivity index (χ2v) is 6.89. The lowest BCUT2D eigenvalue weighted by Crippen LogP contribution is -2.43. The molecule has 0 heterocycles. The highest BCUT2D eigenvalue weighted by Crippen LogP contribution is 2.14. The third-order valence-corrected chi connectivity index (χ3v) is 4.21. The van der Waals surface area contributed by atoms with Crippen LogP contribution in [-0.4, -0.2) is 19.2 Å². The van der Waals surface area contributed by atoms with Crippen LogP contribution in [0.4, 0.5) is 0 Å². The summed E-state index contributed by atoms with van der Waals surface area (Å²) in [6, 6.07) is 0.0363. The van der Waals surface area contributed by atoms with Gasteiger partial charge in [0, 0.05) is 6.04 Å². The highest BCUT2D eigenvalue weighted by molar-refractivity contribution is 7.90. The number of rotatable bonds is 4. The van der Waals surface area contributed by atoms with Gasteiger partial charge in [-0.3, -0.25) is 0 Å². The first-order valence-electron chi connectivity index (χ1n) is 4.72. The zero-order chi connectivity index (χ0) is 10.7. The Labute approximate surface area is 82.0 Å². The molecule has 3 nitrogen and oxygen atoms in total. The van der Waals surface area contributed by atoms with E-state index < -0.39 is 14.8 Å². The van der Waals surface area contributed by atoms with Gasteiger partial charge in [-0.2, -0.15) is 0 Å². The molecule has 1 N–H and O–H groups in total. The molecule has 0 amide bonds. The molecule has 0 saturated heterocycles. The van der Waals surface area contributed by atoms with Gasteiger partial charge in [0.1, 0.15) is 0 Å². The maximum Gasteiger partial charge on any atom is 0.216 e. The van der Waals surface area contributed by atoms with Crippen molar-refractivity contribution in [2.45, 2.75) is 58.2 Å². The molecule has 4 heteroatoms. The molecule has 0 aromatic heterocycles. The molecule has 0 bridgehead atoms. The molecule has 80 valence electrons.